The standard InChI is InChI=1S/C58H69B6N4O6S.Pt/c1-54(2,3)42-29-30-65-53(33-42)68-49-24-17-16-23-47(49)48-28-27-41(32-52(48)68)38-75-37-40-21-20-22-45(31-40)66-39-67(51-26-19-18-25-50(51)66)46-35-43(59-69-61(55(4,5)6)73-62(70-59)56(7,8)9)34-44(36-46)60-71-63(57(10,11)12)74-64(72-60)58(13,14)15;/h16-30,33-36,39H,37-38H2,1-15H3;/q-3;. The number of nitrogens with zero attached hydrogens (tertiary/aromatic N) is 4. The van der Waals surface area contributed by atoms with Crippen LogP contribution >= 0.6 is 11.8 Å². The van der Waals surface area contributed by atoms with Gasteiger partial charge in [-0.3, -0.25) is 0 Å². The first kappa shape index (κ1) is 56.6. The number of fused-ring (bicyclic) bond motifs is 4. The minimum absolute atomic E-state index is 0. The molecule has 10 nitrogen and oxygen atoms in total. The summed E-state index contributed by atoms with van der Waals surface area (Å²) in [5.41, 5.74) is 11.2. The molecule has 0 saturated carbocycles. The van der Waals surface area contributed by atoms with Gasteiger partial charge in [0.1, 0.15) is 5.82 Å². The third kappa shape index (κ3) is 11.9. The zero-order chi connectivity index (χ0) is 53.4. The molecule has 0 aliphatic carbocycles. The molecule has 18 heteroatoms. The summed E-state index contributed by atoms with van der Waals surface area (Å²) in [7, 11) is -3.59. The van der Waals surface area contributed by atoms with Gasteiger partial charge in [0.05, 0.1) is 0 Å². The van der Waals surface area contributed by atoms with Crippen molar-refractivity contribution in [3.05, 3.63) is 151 Å². The van der Waals surface area contributed by atoms with Gasteiger partial charge < -0.3 is 41.8 Å². The van der Waals surface area contributed by atoms with Crippen LogP contribution in [-0.2, 0) is 65.4 Å². The molecule has 3 aliphatic rings. The van der Waals surface area contributed by atoms with Gasteiger partial charge in [-0.15, -0.1) is 17.7 Å². The van der Waals surface area contributed by atoms with Crippen LogP contribution < -0.4 is 20.7 Å². The summed E-state index contributed by atoms with van der Waals surface area (Å²) in [6, 6.07) is 46.3. The van der Waals surface area contributed by atoms with Crippen LogP contribution in [0.1, 0.15) is 121 Å². The Morgan fingerprint density at radius 3 is 1.61 bits per heavy atom. The Kier molecular flexibility index (Phi) is 16.0. The van der Waals surface area contributed by atoms with E-state index >= 15 is 0 Å². The van der Waals surface area contributed by atoms with Crippen molar-refractivity contribution in [2.24, 2.45) is 0 Å². The topological polar surface area (TPSA) is 79.7 Å². The molecule has 5 aromatic carbocycles. The van der Waals surface area contributed by atoms with Crippen molar-refractivity contribution in [2.45, 2.75) is 142 Å². The van der Waals surface area contributed by atoms with Crippen molar-refractivity contribution < 1.29 is 48.5 Å². The molecule has 0 radical (unpaired) electrons. The largest absolute Gasteiger partial charge is 0.493 e. The van der Waals surface area contributed by atoms with E-state index in [1.54, 1.807) is 0 Å². The average molecular weight is 1210 g/mol. The van der Waals surface area contributed by atoms with E-state index in [4.69, 9.17) is 32.4 Å². The third-order valence-corrected chi connectivity index (χ3v) is 14.9. The van der Waals surface area contributed by atoms with E-state index in [1.165, 1.54) is 16.3 Å². The van der Waals surface area contributed by atoms with Gasteiger partial charge in [0.15, 0.2) is 0 Å². The fourth-order valence-corrected chi connectivity index (χ4v) is 10.5. The second-order valence-corrected chi connectivity index (χ2v) is 26.8. The summed E-state index contributed by atoms with van der Waals surface area (Å²) in [6.07, 6.45) is 1.93. The molecule has 0 atom stereocenters. The van der Waals surface area contributed by atoms with Crippen LogP contribution in [0, 0.1) is 18.8 Å². The summed E-state index contributed by atoms with van der Waals surface area (Å²) in [5.74, 6) is 2.47. The summed E-state index contributed by atoms with van der Waals surface area (Å²) in [5, 5.41) is 1.08. The fourth-order valence-electron chi connectivity index (χ4n) is 9.66. The summed E-state index contributed by atoms with van der Waals surface area (Å²) in [4.78, 5) is 9.33. The van der Waals surface area contributed by atoms with Gasteiger partial charge in [-0.05, 0) is 103 Å². The predicted octanol–water partition coefficient (Wildman–Crippen LogP) is 13.6. The van der Waals surface area contributed by atoms with Crippen LogP contribution in [0.2, 0.25) is 21.3 Å². The molecule has 2 fully saturated rings. The first-order valence-electron chi connectivity index (χ1n) is 26.4. The monoisotopic (exact) mass is 1210 g/mol. The number of thioether (sulfide) groups is 1. The molecule has 2 saturated heterocycles. The first-order valence-corrected chi connectivity index (χ1v) is 27.6. The average Bonchev–Trinajstić information content (AvgIpc) is 3.91. The quantitative estimate of drug-likeness (QED) is 0.103. The van der Waals surface area contributed by atoms with Gasteiger partial charge in [0, 0.05) is 49.8 Å². The molecule has 76 heavy (non-hydrogen) atoms. The van der Waals surface area contributed by atoms with Gasteiger partial charge in [0.2, 0.25) is 0 Å². The van der Waals surface area contributed by atoms with Crippen LogP contribution in [0.4, 0.5) is 22.7 Å². The number of rotatable bonds is 9. The Labute approximate surface area is 473 Å². The Balaban J connectivity index is 0.00000706. The molecule has 0 spiro atoms. The number of hydrogen-bond donors (Lipinski definition) is 0. The Morgan fingerprint density at radius 1 is 0.526 bits per heavy atom. The van der Waals surface area contributed by atoms with Crippen molar-refractivity contribution in [1.82, 2.24) is 9.55 Å². The van der Waals surface area contributed by atoms with Crippen LogP contribution in [0.15, 0.2) is 115 Å². The van der Waals surface area contributed by atoms with Gasteiger partial charge >= 0.3 is 42.7 Å². The molecule has 0 bridgehead atoms. The normalized spacial score (nSPS) is 16.1. The molecule has 10 rings (SSSR count). The van der Waals surface area contributed by atoms with Gasteiger partial charge in [-0.1, -0.05) is 146 Å². The van der Waals surface area contributed by atoms with E-state index in [0.717, 1.165) is 73.2 Å². The Bertz CT molecular complexity index is 3110. The second kappa shape index (κ2) is 21.5. The first-order chi connectivity index (χ1) is 35.3. The number of hydrogen-bond acceptors (Lipinski definition) is 10. The van der Waals surface area contributed by atoms with Crippen LogP contribution in [0.25, 0.3) is 27.6 Å². The minimum Gasteiger partial charge on any atom is -0.493 e. The molecule has 3 aliphatic heterocycles. The number of aromatic nitrogens is 2. The third-order valence-electron chi connectivity index (χ3n) is 13.8. The molecule has 0 N–H and O–H groups in total. The zero-order valence-corrected chi connectivity index (χ0v) is 50.0. The van der Waals surface area contributed by atoms with Gasteiger partial charge in [0.25, 0.3) is 0 Å². The van der Waals surface area contributed by atoms with Crippen LogP contribution in [0.5, 0.6) is 0 Å². The maximum atomic E-state index is 6.77. The molecule has 7 aromatic rings. The SMILES string of the molecule is CC(C)(C)B1OB(c2cc(B3OB(C(C)(C)C)OB(C(C)(C)C)O3)cc(N3[CH-]N(c4[c-]c(CSCc5[c-]c6c(cc5)c5ccccc5n6-c5cc(C(C)(C)C)ccn5)ccc4)c4ccccc43)c2)OB(C(C)(C)C)O1.[Pt]. The van der Waals surface area contributed by atoms with E-state index in [-0.39, 0.29) is 47.7 Å². The summed E-state index contributed by atoms with van der Waals surface area (Å²) < 4.78 is 42.4. The second-order valence-electron chi connectivity index (χ2n) is 25.8. The number of benzene rings is 5. The number of para-hydroxylation sites is 3. The van der Waals surface area contributed by atoms with Crippen LogP contribution in [-0.4, -0.2) is 52.3 Å². The van der Waals surface area contributed by atoms with E-state index < -0.39 is 42.7 Å². The van der Waals surface area contributed by atoms with E-state index in [1.807, 2.05) is 18.0 Å². The Hall–Kier alpha value is -4.16. The van der Waals surface area contributed by atoms with Gasteiger partial charge in [-0.25, -0.2) is 4.98 Å². The van der Waals surface area contributed by atoms with Crippen molar-refractivity contribution in [3.63, 3.8) is 0 Å². The molecule has 0 amide bonds. The fraction of sp³-hybridized carbons (Fsp3) is 0.379. The molecule has 394 valence electrons. The van der Waals surface area contributed by atoms with E-state index in [9.17, 15) is 0 Å². The van der Waals surface area contributed by atoms with E-state index in [0.29, 0.717) is 0 Å². The summed E-state index contributed by atoms with van der Waals surface area (Å²) >= 11 is 1.86. The maximum Gasteiger partial charge on any atom is 0.466 e. The van der Waals surface area contributed by atoms with Crippen molar-refractivity contribution in [1.29, 1.82) is 0 Å². The smallest absolute Gasteiger partial charge is 0.466 e. The Morgan fingerprint density at radius 2 is 1.05 bits per heavy atom. The van der Waals surface area contributed by atoms with Gasteiger partial charge in [-0.2, -0.15) is 65.4 Å². The molecule has 0 unspecified atom stereocenters. The molecular formula is C58H69B6N4O6PtS-3. The maximum absolute atomic E-state index is 6.77. The summed E-state index contributed by atoms with van der Waals surface area (Å²) in [6.45, 7) is 34.4. The molecular weight excluding hydrogens is 1140 g/mol. The number of pyridine rings is 1. The predicted molar refractivity (Wildman–Crippen MR) is 317 cm³/mol. The van der Waals surface area contributed by atoms with Crippen molar-refractivity contribution in [3.8, 4) is 5.82 Å². The number of anilines is 4. The minimum atomic E-state index is -0.744. The van der Waals surface area contributed by atoms with E-state index in [2.05, 4.69) is 246 Å². The van der Waals surface area contributed by atoms with Crippen molar-refractivity contribution in [2.75, 3.05) is 9.80 Å². The van der Waals surface area contributed by atoms with Crippen molar-refractivity contribution >= 4 is 110 Å². The van der Waals surface area contributed by atoms with Crippen LogP contribution in [0.3, 0.4) is 0 Å². The molecule has 2 aromatic heterocycles. The zero-order valence-electron chi connectivity index (χ0n) is 46.9. The molecule has 5 heterocycles.